The van der Waals surface area contributed by atoms with E-state index in [4.69, 9.17) is 23.2 Å². The highest BCUT2D eigenvalue weighted by molar-refractivity contribution is 7.89. The van der Waals surface area contributed by atoms with Crippen LogP contribution in [-0.2, 0) is 14.8 Å². The highest BCUT2D eigenvalue weighted by Gasteiger charge is 2.33. The summed E-state index contributed by atoms with van der Waals surface area (Å²) in [5, 5.41) is 3.67. The lowest BCUT2D eigenvalue weighted by molar-refractivity contribution is -0.120. The number of amides is 1. The number of piperidine rings is 1. The quantitative estimate of drug-likeness (QED) is 0.620. The Morgan fingerprint density at radius 3 is 2.48 bits per heavy atom. The summed E-state index contributed by atoms with van der Waals surface area (Å²) in [6.45, 7) is 0.509. The largest absolute Gasteiger partial charge is 0.326 e. The van der Waals surface area contributed by atoms with E-state index < -0.39 is 10.0 Å². The molecule has 0 unspecified atom stereocenters. The Morgan fingerprint density at radius 2 is 1.79 bits per heavy atom. The van der Waals surface area contributed by atoms with Gasteiger partial charge in [0.15, 0.2) is 0 Å². The van der Waals surface area contributed by atoms with E-state index in [9.17, 15) is 13.2 Å². The van der Waals surface area contributed by atoms with Crippen molar-refractivity contribution in [3.8, 4) is 0 Å². The van der Waals surface area contributed by atoms with E-state index in [-0.39, 0.29) is 29.8 Å². The molecule has 4 rings (SSSR count). The van der Waals surface area contributed by atoms with E-state index in [0.29, 0.717) is 39.6 Å². The summed E-state index contributed by atoms with van der Waals surface area (Å²) in [5.74, 6) is -0.470. The van der Waals surface area contributed by atoms with Crippen molar-refractivity contribution in [3.05, 3.63) is 46.4 Å². The smallest absolute Gasteiger partial charge is 0.245 e. The number of rotatable bonds is 4. The van der Waals surface area contributed by atoms with Crippen molar-refractivity contribution in [1.29, 1.82) is 0 Å². The Labute approximate surface area is 182 Å². The second kappa shape index (κ2) is 8.16. The third kappa shape index (κ3) is 4.24. The van der Waals surface area contributed by atoms with Crippen LogP contribution in [0.1, 0.15) is 12.8 Å². The Kier molecular flexibility index (Phi) is 5.76. The van der Waals surface area contributed by atoms with Gasteiger partial charge in [-0.25, -0.2) is 8.42 Å². The number of carbonyl (C=O) groups excluding carboxylic acids is 1. The van der Waals surface area contributed by atoms with Crippen molar-refractivity contribution in [3.63, 3.8) is 0 Å². The highest BCUT2D eigenvalue weighted by atomic mass is 35.5. The molecule has 0 radical (unpaired) electrons. The molecule has 152 valence electrons. The zero-order chi connectivity index (χ0) is 20.6. The number of benzene rings is 2. The first-order chi connectivity index (χ1) is 13.8. The summed E-state index contributed by atoms with van der Waals surface area (Å²) >= 11 is 12.9. The van der Waals surface area contributed by atoms with Crippen molar-refractivity contribution in [2.24, 2.45) is 5.92 Å². The van der Waals surface area contributed by atoms with Crippen molar-refractivity contribution in [2.75, 3.05) is 18.4 Å². The number of fused-ring (bicyclic) bond motifs is 1. The molecule has 2 heterocycles. The standard InChI is InChI=1S/C18H16Cl2N4O3S2/c19-12-8-13(20)10-14(9-12)21-18(25)11-4-6-24(7-5-11)29(26,27)16-3-1-2-15-17(16)23-28-22-15/h1-3,8-11H,4-7H2,(H,21,25). The summed E-state index contributed by atoms with van der Waals surface area (Å²) in [7, 11) is -3.71. The van der Waals surface area contributed by atoms with Gasteiger partial charge in [0.1, 0.15) is 15.9 Å². The average molecular weight is 471 g/mol. The van der Waals surface area contributed by atoms with E-state index >= 15 is 0 Å². The number of aromatic nitrogens is 2. The van der Waals surface area contributed by atoms with Crippen molar-refractivity contribution >= 4 is 67.6 Å². The first kappa shape index (κ1) is 20.5. The Balaban J connectivity index is 1.45. The molecule has 1 aromatic heterocycles. The lowest BCUT2D eigenvalue weighted by Gasteiger charge is -2.30. The SMILES string of the molecule is O=C(Nc1cc(Cl)cc(Cl)c1)C1CCN(S(=O)(=O)c2cccc3nsnc23)CC1. The molecular formula is C18H16Cl2N4O3S2. The summed E-state index contributed by atoms with van der Waals surface area (Å²) < 4.78 is 35.8. The molecule has 1 fully saturated rings. The Bertz CT molecular complexity index is 1150. The molecular weight excluding hydrogens is 455 g/mol. The summed E-state index contributed by atoms with van der Waals surface area (Å²) in [5.41, 5.74) is 1.46. The molecule has 0 bridgehead atoms. The normalized spacial score (nSPS) is 16.2. The number of anilines is 1. The zero-order valence-electron chi connectivity index (χ0n) is 15.0. The highest BCUT2D eigenvalue weighted by Crippen LogP contribution is 2.29. The number of hydrogen-bond acceptors (Lipinski definition) is 6. The first-order valence-corrected chi connectivity index (χ1v) is 11.8. The number of halogens is 2. The average Bonchev–Trinajstić information content (AvgIpc) is 3.16. The van der Waals surface area contributed by atoms with Gasteiger partial charge in [-0.15, -0.1) is 0 Å². The molecule has 0 aliphatic carbocycles. The fourth-order valence-corrected chi connectivity index (χ4v) is 6.11. The molecule has 1 N–H and O–H groups in total. The maximum absolute atomic E-state index is 13.1. The van der Waals surface area contributed by atoms with Crippen LogP contribution < -0.4 is 5.32 Å². The maximum Gasteiger partial charge on any atom is 0.245 e. The summed E-state index contributed by atoms with van der Waals surface area (Å²) in [6.07, 6.45) is 0.843. The van der Waals surface area contributed by atoms with Gasteiger partial charge < -0.3 is 5.32 Å². The minimum atomic E-state index is -3.71. The van der Waals surface area contributed by atoms with Crippen LogP contribution in [0.5, 0.6) is 0 Å². The van der Waals surface area contributed by atoms with Gasteiger partial charge in [-0.05, 0) is 43.2 Å². The predicted molar refractivity (Wildman–Crippen MR) is 114 cm³/mol. The maximum atomic E-state index is 13.1. The van der Waals surface area contributed by atoms with E-state index in [1.54, 1.807) is 36.4 Å². The molecule has 1 amide bonds. The topological polar surface area (TPSA) is 92.3 Å². The second-order valence-corrected chi connectivity index (χ2v) is 10.0. The van der Waals surface area contributed by atoms with Crippen LogP contribution in [0.25, 0.3) is 11.0 Å². The van der Waals surface area contributed by atoms with Crippen LogP contribution in [0.15, 0.2) is 41.3 Å². The summed E-state index contributed by atoms with van der Waals surface area (Å²) in [6, 6.07) is 9.76. The number of nitrogens with zero attached hydrogens (tertiary/aromatic N) is 3. The van der Waals surface area contributed by atoms with Crippen LogP contribution >= 0.6 is 34.9 Å². The number of hydrogen-bond donors (Lipinski definition) is 1. The van der Waals surface area contributed by atoms with Gasteiger partial charge in [-0.3, -0.25) is 4.79 Å². The first-order valence-electron chi connectivity index (χ1n) is 8.83. The molecule has 0 saturated carbocycles. The van der Waals surface area contributed by atoms with Crippen LogP contribution in [0, 0.1) is 5.92 Å². The van der Waals surface area contributed by atoms with Gasteiger partial charge in [0, 0.05) is 34.7 Å². The van der Waals surface area contributed by atoms with Gasteiger partial charge in [0.25, 0.3) is 0 Å². The molecule has 11 heteroatoms. The molecule has 7 nitrogen and oxygen atoms in total. The monoisotopic (exact) mass is 470 g/mol. The fourth-order valence-electron chi connectivity index (χ4n) is 3.36. The second-order valence-electron chi connectivity index (χ2n) is 6.71. The van der Waals surface area contributed by atoms with Crippen LogP contribution in [0.2, 0.25) is 10.0 Å². The van der Waals surface area contributed by atoms with E-state index in [1.807, 2.05) is 0 Å². The van der Waals surface area contributed by atoms with Gasteiger partial charge in [-0.1, -0.05) is 29.3 Å². The van der Waals surface area contributed by atoms with E-state index in [2.05, 4.69) is 14.1 Å². The van der Waals surface area contributed by atoms with Gasteiger partial charge in [0.2, 0.25) is 15.9 Å². The lowest BCUT2D eigenvalue weighted by atomic mass is 9.97. The van der Waals surface area contributed by atoms with Crippen LogP contribution in [0.4, 0.5) is 5.69 Å². The fraction of sp³-hybridized carbons (Fsp3) is 0.278. The Hall–Kier alpha value is -1.78. The molecule has 3 aromatic rings. The molecule has 0 spiro atoms. The van der Waals surface area contributed by atoms with Crippen molar-refractivity contribution in [1.82, 2.24) is 13.1 Å². The van der Waals surface area contributed by atoms with Crippen molar-refractivity contribution < 1.29 is 13.2 Å². The van der Waals surface area contributed by atoms with Gasteiger partial charge in [0.05, 0.1) is 11.7 Å². The molecule has 2 aromatic carbocycles. The molecule has 29 heavy (non-hydrogen) atoms. The molecule has 0 atom stereocenters. The minimum Gasteiger partial charge on any atom is -0.326 e. The Morgan fingerprint density at radius 1 is 1.10 bits per heavy atom. The predicted octanol–water partition coefficient (Wildman–Crippen LogP) is 4.04. The summed E-state index contributed by atoms with van der Waals surface area (Å²) in [4.78, 5) is 12.7. The molecule has 1 saturated heterocycles. The van der Waals surface area contributed by atoms with E-state index in [0.717, 1.165) is 11.7 Å². The van der Waals surface area contributed by atoms with Gasteiger partial charge >= 0.3 is 0 Å². The molecule has 1 aliphatic heterocycles. The van der Waals surface area contributed by atoms with E-state index in [1.165, 1.54) is 4.31 Å². The third-order valence-electron chi connectivity index (χ3n) is 4.82. The van der Waals surface area contributed by atoms with Gasteiger partial charge in [-0.2, -0.15) is 13.1 Å². The lowest BCUT2D eigenvalue weighted by Crippen LogP contribution is -2.41. The van der Waals surface area contributed by atoms with Crippen molar-refractivity contribution in [2.45, 2.75) is 17.7 Å². The molecule has 1 aliphatic rings. The minimum absolute atomic E-state index is 0.153. The zero-order valence-corrected chi connectivity index (χ0v) is 18.2. The number of carbonyl (C=O) groups is 1. The number of sulfonamides is 1. The third-order valence-corrected chi connectivity index (χ3v) is 7.73. The number of nitrogens with one attached hydrogen (secondary N) is 1. The van der Waals surface area contributed by atoms with Crippen LogP contribution in [0.3, 0.4) is 0 Å². The van der Waals surface area contributed by atoms with Crippen LogP contribution in [-0.4, -0.2) is 40.5 Å².